The van der Waals surface area contributed by atoms with Crippen LogP contribution in [0.15, 0.2) is 53.9 Å². The summed E-state index contributed by atoms with van der Waals surface area (Å²) in [6, 6.07) is 16.3. The van der Waals surface area contributed by atoms with E-state index in [0.29, 0.717) is 17.8 Å². The zero-order valence-corrected chi connectivity index (χ0v) is 19.1. The monoisotopic (exact) mass is 477 g/mol. The van der Waals surface area contributed by atoms with Crippen LogP contribution in [-0.2, 0) is 16.1 Å². The highest BCUT2D eigenvalue weighted by atomic mass is 32.1. The molecule has 9 heteroatoms. The summed E-state index contributed by atoms with van der Waals surface area (Å²) in [6.45, 7) is 0.371. The average Bonchev–Trinajstić information content (AvgIpc) is 3.28. The maximum absolute atomic E-state index is 12.6. The third kappa shape index (κ3) is 4.51. The van der Waals surface area contributed by atoms with Gasteiger partial charge < -0.3 is 20.5 Å². The van der Waals surface area contributed by atoms with Crippen LogP contribution in [0.25, 0.3) is 11.1 Å². The molecule has 0 aliphatic heterocycles. The third-order valence-electron chi connectivity index (χ3n) is 6.27. The molecule has 2 aromatic carbocycles. The number of carboxylic acid groups (broad SMARTS) is 1. The van der Waals surface area contributed by atoms with Gasteiger partial charge in [0.15, 0.2) is 5.69 Å². The summed E-state index contributed by atoms with van der Waals surface area (Å²) in [6.07, 6.45) is 1.00. The smallest absolute Gasteiger partial charge is 0.407 e. The molecule has 34 heavy (non-hydrogen) atoms. The Morgan fingerprint density at radius 1 is 1.06 bits per heavy atom. The molecule has 1 aromatic heterocycles. The van der Waals surface area contributed by atoms with E-state index in [1.54, 1.807) is 0 Å². The Kier molecular flexibility index (Phi) is 5.79. The SMILES string of the molecule is O=C(CC1(NC(=O)OCC2c3ccccc3-c3ccccc32)CC1)NCc1nc(C(=O)O)cs1. The van der Waals surface area contributed by atoms with Crippen LogP contribution in [0.1, 0.15) is 51.8 Å². The van der Waals surface area contributed by atoms with E-state index in [1.165, 1.54) is 16.7 Å². The molecule has 3 aromatic rings. The van der Waals surface area contributed by atoms with Gasteiger partial charge in [0.25, 0.3) is 0 Å². The molecule has 174 valence electrons. The molecule has 2 aliphatic rings. The maximum Gasteiger partial charge on any atom is 0.407 e. The summed E-state index contributed by atoms with van der Waals surface area (Å²) >= 11 is 1.18. The molecule has 0 bridgehead atoms. The fourth-order valence-corrected chi connectivity index (χ4v) is 5.09. The molecule has 5 rings (SSSR count). The van der Waals surface area contributed by atoms with Crippen LogP contribution in [0.5, 0.6) is 0 Å². The fraction of sp³-hybridized carbons (Fsp3) is 0.280. The van der Waals surface area contributed by atoms with Crippen LogP contribution in [0.3, 0.4) is 0 Å². The number of carbonyl (C=O) groups excluding carboxylic acids is 2. The van der Waals surface area contributed by atoms with Crippen molar-refractivity contribution in [3.63, 3.8) is 0 Å². The maximum atomic E-state index is 12.6. The van der Waals surface area contributed by atoms with E-state index in [9.17, 15) is 14.4 Å². The van der Waals surface area contributed by atoms with Crippen molar-refractivity contribution in [3.05, 3.63) is 75.7 Å². The minimum atomic E-state index is -1.10. The number of nitrogens with one attached hydrogen (secondary N) is 2. The number of ether oxygens (including phenoxy) is 1. The van der Waals surface area contributed by atoms with Gasteiger partial charge in [0.2, 0.25) is 5.91 Å². The van der Waals surface area contributed by atoms with E-state index in [4.69, 9.17) is 9.84 Å². The standard InChI is InChI=1S/C25H23N3O5S/c29-21(26-12-22-27-20(14-34-22)23(30)31)11-25(9-10-25)28-24(32)33-13-19-17-7-3-1-5-15(17)16-6-2-4-8-18(16)19/h1-8,14,19H,9-13H2,(H,26,29)(H,28,32)(H,30,31). The molecule has 8 nitrogen and oxygen atoms in total. The molecule has 0 radical (unpaired) electrons. The first kappa shape index (κ1) is 22.1. The zero-order valence-electron chi connectivity index (χ0n) is 18.2. The lowest BCUT2D eigenvalue weighted by Gasteiger charge is -2.19. The molecule has 1 saturated carbocycles. The van der Waals surface area contributed by atoms with Crippen molar-refractivity contribution in [2.45, 2.75) is 37.3 Å². The van der Waals surface area contributed by atoms with Gasteiger partial charge in [-0.05, 0) is 35.1 Å². The number of benzene rings is 2. The first-order valence-corrected chi connectivity index (χ1v) is 11.9. The van der Waals surface area contributed by atoms with E-state index < -0.39 is 17.6 Å². The number of carboxylic acids is 1. The first-order chi connectivity index (χ1) is 16.4. The molecular weight excluding hydrogens is 454 g/mol. The Morgan fingerprint density at radius 2 is 1.71 bits per heavy atom. The van der Waals surface area contributed by atoms with Gasteiger partial charge >= 0.3 is 12.1 Å². The summed E-state index contributed by atoms with van der Waals surface area (Å²) in [4.78, 5) is 39.8. The quantitative estimate of drug-likeness (QED) is 0.453. The first-order valence-electron chi connectivity index (χ1n) is 11.0. The highest BCUT2D eigenvalue weighted by Crippen LogP contribution is 2.44. The molecule has 1 fully saturated rings. The predicted octanol–water partition coefficient (Wildman–Crippen LogP) is 3.92. The third-order valence-corrected chi connectivity index (χ3v) is 7.12. The Bertz CT molecular complexity index is 1220. The zero-order chi connectivity index (χ0) is 23.7. The van der Waals surface area contributed by atoms with Crippen LogP contribution in [0.4, 0.5) is 4.79 Å². The number of nitrogens with zero attached hydrogens (tertiary/aromatic N) is 1. The summed E-state index contributed by atoms with van der Waals surface area (Å²) in [5.74, 6) is -1.35. The molecule has 3 N–H and O–H groups in total. The van der Waals surface area contributed by atoms with E-state index >= 15 is 0 Å². The number of aromatic carboxylic acids is 1. The number of aromatic nitrogens is 1. The Balaban J connectivity index is 1.14. The van der Waals surface area contributed by atoms with Crippen molar-refractivity contribution >= 4 is 29.3 Å². The van der Waals surface area contributed by atoms with Gasteiger partial charge in [0.1, 0.15) is 11.6 Å². The molecule has 0 atom stereocenters. The Hall–Kier alpha value is -3.72. The molecule has 0 spiro atoms. The van der Waals surface area contributed by atoms with Gasteiger partial charge in [-0.15, -0.1) is 11.3 Å². The minimum absolute atomic E-state index is 0.0226. The van der Waals surface area contributed by atoms with E-state index in [-0.39, 0.29) is 37.1 Å². The van der Waals surface area contributed by atoms with Crippen LogP contribution < -0.4 is 10.6 Å². The molecule has 0 unspecified atom stereocenters. The molecular formula is C25H23N3O5S. The minimum Gasteiger partial charge on any atom is -0.476 e. The summed E-state index contributed by atoms with van der Waals surface area (Å²) < 4.78 is 5.61. The molecule has 1 heterocycles. The number of amides is 2. The van der Waals surface area contributed by atoms with Crippen LogP contribution in [0.2, 0.25) is 0 Å². The number of carbonyl (C=O) groups is 3. The van der Waals surface area contributed by atoms with Crippen molar-refractivity contribution in [2.75, 3.05) is 6.61 Å². The van der Waals surface area contributed by atoms with Crippen molar-refractivity contribution < 1.29 is 24.2 Å². The lowest BCUT2D eigenvalue weighted by atomic mass is 9.98. The van der Waals surface area contributed by atoms with Gasteiger partial charge in [-0.2, -0.15) is 0 Å². The average molecular weight is 478 g/mol. The number of hydrogen-bond acceptors (Lipinski definition) is 6. The second-order valence-corrected chi connectivity index (χ2v) is 9.56. The highest BCUT2D eigenvalue weighted by Gasteiger charge is 2.46. The molecule has 2 amide bonds. The normalized spacial score (nSPS) is 15.2. The predicted molar refractivity (Wildman–Crippen MR) is 126 cm³/mol. The lowest BCUT2D eigenvalue weighted by Crippen LogP contribution is -2.41. The fourth-order valence-electron chi connectivity index (χ4n) is 4.38. The van der Waals surface area contributed by atoms with Crippen LogP contribution in [0, 0.1) is 0 Å². The van der Waals surface area contributed by atoms with E-state index in [2.05, 4.69) is 39.9 Å². The van der Waals surface area contributed by atoms with Gasteiger partial charge in [-0.1, -0.05) is 48.5 Å². The second-order valence-electron chi connectivity index (χ2n) is 8.62. The van der Waals surface area contributed by atoms with Crippen molar-refractivity contribution in [1.29, 1.82) is 0 Å². The summed E-state index contributed by atoms with van der Waals surface area (Å²) in [5, 5.41) is 16.5. The number of thiazole rings is 1. The van der Waals surface area contributed by atoms with E-state index in [0.717, 1.165) is 22.3 Å². The number of alkyl carbamates (subject to hydrolysis) is 1. The Morgan fingerprint density at radius 3 is 2.29 bits per heavy atom. The molecule has 2 aliphatic carbocycles. The topological polar surface area (TPSA) is 118 Å². The Labute approximate surface area is 200 Å². The number of hydrogen-bond donors (Lipinski definition) is 3. The number of fused-ring (bicyclic) bond motifs is 3. The van der Waals surface area contributed by atoms with E-state index in [1.807, 2.05) is 24.3 Å². The highest BCUT2D eigenvalue weighted by molar-refractivity contribution is 7.09. The molecule has 0 saturated heterocycles. The van der Waals surface area contributed by atoms with Crippen LogP contribution >= 0.6 is 11.3 Å². The van der Waals surface area contributed by atoms with Gasteiger partial charge in [-0.25, -0.2) is 14.6 Å². The van der Waals surface area contributed by atoms with Crippen molar-refractivity contribution in [2.24, 2.45) is 0 Å². The number of rotatable bonds is 8. The van der Waals surface area contributed by atoms with Gasteiger partial charge in [0.05, 0.1) is 12.1 Å². The van der Waals surface area contributed by atoms with Gasteiger partial charge in [0, 0.05) is 17.7 Å². The lowest BCUT2D eigenvalue weighted by molar-refractivity contribution is -0.121. The largest absolute Gasteiger partial charge is 0.476 e. The van der Waals surface area contributed by atoms with Gasteiger partial charge in [-0.3, -0.25) is 4.79 Å². The van der Waals surface area contributed by atoms with Crippen LogP contribution in [-0.4, -0.2) is 40.2 Å². The summed E-state index contributed by atoms with van der Waals surface area (Å²) in [5.41, 5.74) is 3.98. The van der Waals surface area contributed by atoms with Crippen molar-refractivity contribution in [3.8, 4) is 11.1 Å². The van der Waals surface area contributed by atoms with Crippen molar-refractivity contribution in [1.82, 2.24) is 15.6 Å². The summed E-state index contributed by atoms with van der Waals surface area (Å²) in [7, 11) is 0. The second kappa shape index (κ2) is 8.90.